The van der Waals surface area contributed by atoms with Crippen molar-refractivity contribution in [3.63, 3.8) is 0 Å². The number of nitrogens with one attached hydrogen (secondary N) is 1. The van der Waals surface area contributed by atoms with Crippen molar-refractivity contribution in [1.82, 2.24) is 4.98 Å². The summed E-state index contributed by atoms with van der Waals surface area (Å²) >= 11 is 6.16. The molecule has 2 N–H and O–H groups in total. The number of fused-ring (bicyclic) bond motifs is 1. The first-order valence-corrected chi connectivity index (χ1v) is 13.0. The lowest BCUT2D eigenvalue weighted by atomic mass is 9.91. The van der Waals surface area contributed by atoms with E-state index >= 15 is 0 Å². The third-order valence-electron chi connectivity index (χ3n) is 7.05. The molecular formula is C29H28ClN3O5. The number of aromatic nitrogens is 1. The Bertz CT molecular complexity index is 1550. The summed E-state index contributed by atoms with van der Waals surface area (Å²) in [6.07, 6.45) is 4.10. The minimum Gasteiger partial charge on any atom is -0.480 e. The zero-order chi connectivity index (χ0) is 26.9. The van der Waals surface area contributed by atoms with Gasteiger partial charge in [0.25, 0.3) is 10.9 Å². The van der Waals surface area contributed by atoms with Crippen molar-refractivity contribution in [3.05, 3.63) is 85.8 Å². The zero-order valence-electron chi connectivity index (χ0n) is 21.0. The molecular weight excluding hydrogens is 506 g/mol. The predicted molar refractivity (Wildman–Crippen MR) is 149 cm³/mol. The highest BCUT2D eigenvalue weighted by Crippen LogP contribution is 2.32. The first kappa shape index (κ1) is 25.7. The number of rotatable bonds is 8. The smallest absolute Gasteiger partial charge is 0.329 e. The average molecular weight is 534 g/mol. The number of nitrogens with zero attached hydrogens (tertiary/aromatic N) is 2. The average Bonchev–Trinajstić information content (AvgIpc) is 3.18. The quantitative estimate of drug-likeness (QED) is 0.236. The number of halogens is 1. The first-order valence-electron chi connectivity index (χ1n) is 12.7. The minimum atomic E-state index is -1.50. The van der Waals surface area contributed by atoms with Crippen LogP contribution in [0.2, 0.25) is 5.15 Å². The molecule has 38 heavy (non-hydrogen) atoms. The molecule has 0 spiro atoms. The molecule has 0 saturated carbocycles. The van der Waals surface area contributed by atoms with E-state index in [1.165, 1.54) is 6.92 Å². The Labute approximate surface area is 224 Å². The number of pyridine rings is 1. The monoisotopic (exact) mass is 533 g/mol. The lowest BCUT2D eigenvalue weighted by Crippen LogP contribution is -2.51. The van der Waals surface area contributed by atoms with Crippen LogP contribution in [0.5, 0.6) is 11.6 Å². The molecule has 1 aliphatic heterocycles. The molecule has 1 fully saturated rings. The van der Waals surface area contributed by atoms with E-state index in [4.69, 9.17) is 16.3 Å². The topological polar surface area (TPSA) is 109 Å². The Hall–Kier alpha value is -3.91. The predicted octanol–water partition coefficient (Wildman–Crippen LogP) is 5.15. The molecule has 1 saturated heterocycles. The van der Waals surface area contributed by atoms with Crippen molar-refractivity contribution >= 4 is 39.7 Å². The SMILES string of the molecule is C[C@@](Cc1ccc(Oc2nc(Cl)cc3ccccc23)cc1)(Nc1c(N2CCCCCC2)c(=O)c1=O)C(=O)O. The summed E-state index contributed by atoms with van der Waals surface area (Å²) in [4.78, 5) is 43.5. The van der Waals surface area contributed by atoms with Gasteiger partial charge in [-0.3, -0.25) is 9.59 Å². The zero-order valence-corrected chi connectivity index (χ0v) is 21.8. The summed E-state index contributed by atoms with van der Waals surface area (Å²) in [6.45, 7) is 2.88. The molecule has 1 atom stereocenters. The Morgan fingerprint density at radius 2 is 1.74 bits per heavy atom. The van der Waals surface area contributed by atoms with Crippen LogP contribution >= 0.6 is 11.6 Å². The number of aliphatic carboxylic acids is 1. The summed E-state index contributed by atoms with van der Waals surface area (Å²) in [5, 5.41) is 15.0. The Morgan fingerprint density at radius 1 is 1.05 bits per heavy atom. The van der Waals surface area contributed by atoms with Crippen molar-refractivity contribution in [2.24, 2.45) is 0 Å². The van der Waals surface area contributed by atoms with E-state index in [1.54, 1.807) is 30.3 Å². The molecule has 8 nitrogen and oxygen atoms in total. The summed E-state index contributed by atoms with van der Waals surface area (Å²) in [7, 11) is 0. The molecule has 4 aromatic rings. The van der Waals surface area contributed by atoms with E-state index in [-0.39, 0.29) is 12.1 Å². The number of ether oxygens (including phenoxy) is 1. The van der Waals surface area contributed by atoms with Crippen LogP contribution in [0.3, 0.4) is 0 Å². The molecule has 2 heterocycles. The van der Waals surface area contributed by atoms with Gasteiger partial charge in [0.1, 0.15) is 27.8 Å². The van der Waals surface area contributed by atoms with Crippen molar-refractivity contribution in [2.75, 3.05) is 23.3 Å². The number of anilines is 2. The van der Waals surface area contributed by atoms with E-state index in [9.17, 15) is 19.5 Å². The number of carboxylic acids is 1. The molecule has 0 bridgehead atoms. The van der Waals surface area contributed by atoms with Gasteiger partial charge in [-0.05, 0) is 55.0 Å². The number of benzene rings is 2. The van der Waals surface area contributed by atoms with Gasteiger partial charge in [0.05, 0.1) is 0 Å². The molecule has 9 heteroatoms. The van der Waals surface area contributed by atoms with Crippen LogP contribution < -0.4 is 25.8 Å². The third kappa shape index (κ3) is 5.09. The van der Waals surface area contributed by atoms with Gasteiger partial charge in [0.15, 0.2) is 0 Å². The summed E-state index contributed by atoms with van der Waals surface area (Å²) in [5.74, 6) is -0.231. The first-order chi connectivity index (χ1) is 18.2. The Balaban J connectivity index is 1.35. The van der Waals surface area contributed by atoms with Crippen molar-refractivity contribution in [1.29, 1.82) is 0 Å². The van der Waals surface area contributed by atoms with Gasteiger partial charge >= 0.3 is 5.97 Å². The highest BCUT2D eigenvalue weighted by molar-refractivity contribution is 6.30. The van der Waals surface area contributed by atoms with Gasteiger partial charge in [0.2, 0.25) is 5.88 Å². The highest BCUT2D eigenvalue weighted by Gasteiger charge is 2.38. The summed E-state index contributed by atoms with van der Waals surface area (Å²) < 4.78 is 5.99. The molecule has 0 unspecified atom stereocenters. The molecule has 1 aromatic heterocycles. The molecule has 0 amide bonds. The van der Waals surface area contributed by atoms with Crippen LogP contribution in [0.4, 0.5) is 11.4 Å². The van der Waals surface area contributed by atoms with Crippen LogP contribution in [0, 0.1) is 0 Å². The van der Waals surface area contributed by atoms with Gasteiger partial charge in [-0.2, -0.15) is 0 Å². The Morgan fingerprint density at radius 3 is 2.42 bits per heavy atom. The summed E-state index contributed by atoms with van der Waals surface area (Å²) in [5.41, 5.74) is -1.59. The lowest BCUT2D eigenvalue weighted by molar-refractivity contribution is -0.141. The Kier molecular flexibility index (Phi) is 7.08. The lowest BCUT2D eigenvalue weighted by Gasteiger charge is -2.32. The largest absolute Gasteiger partial charge is 0.480 e. The molecule has 5 rings (SSSR count). The molecule has 3 aromatic carbocycles. The van der Waals surface area contributed by atoms with Crippen LogP contribution in [0.1, 0.15) is 38.2 Å². The fourth-order valence-corrected chi connectivity index (χ4v) is 5.14. The number of carbonyl (C=O) groups is 1. The van der Waals surface area contributed by atoms with E-state index in [0.29, 0.717) is 41.1 Å². The second-order valence-electron chi connectivity index (χ2n) is 9.94. The second kappa shape index (κ2) is 10.5. The van der Waals surface area contributed by atoms with Gasteiger partial charge in [-0.1, -0.05) is 54.8 Å². The van der Waals surface area contributed by atoms with Gasteiger partial charge in [0, 0.05) is 24.9 Å². The number of hydrogen-bond acceptors (Lipinski definition) is 7. The standard InChI is InChI=1S/C29H28ClN3O5/c1-29(28(36)37,32-23-24(26(35)25(23)34)33-14-6-2-3-7-15-33)17-18-10-12-20(13-11-18)38-27-21-9-5-4-8-19(21)16-22(30)31-27/h4-5,8-13,16,32H,2-3,6-7,14-15,17H2,1H3,(H,36,37)/t29-/m0/s1. The normalized spacial score (nSPS) is 15.7. The van der Waals surface area contributed by atoms with Gasteiger partial charge in [-0.25, -0.2) is 9.78 Å². The minimum absolute atomic E-state index is 0.0825. The molecule has 196 valence electrons. The highest BCUT2D eigenvalue weighted by atomic mass is 35.5. The van der Waals surface area contributed by atoms with E-state index < -0.39 is 22.4 Å². The maximum absolute atomic E-state index is 12.5. The van der Waals surface area contributed by atoms with E-state index in [0.717, 1.165) is 36.5 Å². The van der Waals surface area contributed by atoms with Crippen LogP contribution in [0.15, 0.2) is 64.2 Å². The fourth-order valence-electron chi connectivity index (χ4n) is 4.95. The van der Waals surface area contributed by atoms with Gasteiger partial charge in [-0.15, -0.1) is 0 Å². The van der Waals surface area contributed by atoms with Crippen molar-refractivity contribution in [3.8, 4) is 11.6 Å². The number of hydrogen-bond donors (Lipinski definition) is 2. The van der Waals surface area contributed by atoms with Crippen LogP contribution in [0.25, 0.3) is 10.8 Å². The molecule has 1 aliphatic rings. The third-order valence-corrected chi connectivity index (χ3v) is 7.24. The molecule has 0 aliphatic carbocycles. The van der Waals surface area contributed by atoms with Crippen LogP contribution in [-0.4, -0.2) is 34.7 Å². The van der Waals surface area contributed by atoms with Crippen molar-refractivity contribution < 1.29 is 14.6 Å². The van der Waals surface area contributed by atoms with E-state index in [1.807, 2.05) is 29.2 Å². The fraction of sp³-hybridized carbons (Fsp3) is 0.310. The second-order valence-corrected chi connectivity index (χ2v) is 10.3. The maximum Gasteiger partial charge on any atom is 0.329 e. The summed E-state index contributed by atoms with van der Waals surface area (Å²) in [6, 6.07) is 16.4. The van der Waals surface area contributed by atoms with Crippen molar-refractivity contribution in [2.45, 2.75) is 44.6 Å². The van der Waals surface area contributed by atoms with E-state index in [2.05, 4.69) is 10.3 Å². The van der Waals surface area contributed by atoms with Gasteiger partial charge < -0.3 is 20.1 Å². The maximum atomic E-state index is 12.5. The van der Waals surface area contributed by atoms with Crippen LogP contribution in [-0.2, 0) is 11.2 Å². The number of carboxylic acid groups (broad SMARTS) is 1. The molecule has 0 radical (unpaired) electrons.